The summed E-state index contributed by atoms with van der Waals surface area (Å²) in [5.41, 5.74) is 0.206. The minimum atomic E-state index is -4.35. The summed E-state index contributed by atoms with van der Waals surface area (Å²) in [5, 5.41) is 3.46. The molecule has 0 aliphatic carbocycles. The predicted octanol–water partition coefficient (Wildman–Crippen LogP) is 3.10. The minimum absolute atomic E-state index is 0.228. The van der Waals surface area contributed by atoms with Crippen LogP contribution in [0.3, 0.4) is 0 Å². The maximum Gasteiger partial charge on any atom is 0.416 e. The fourth-order valence-electron chi connectivity index (χ4n) is 1.50. The van der Waals surface area contributed by atoms with E-state index >= 15 is 0 Å². The molecular weight excluding hydrogens is 247 g/mol. The van der Waals surface area contributed by atoms with Crippen LogP contribution in [0, 0.1) is 0 Å². The Bertz CT molecular complexity index is 543. The van der Waals surface area contributed by atoms with E-state index in [4.69, 9.17) is 4.52 Å². The fourth-order valence-corrected chi connectivity index (χ4v) is 1.50. The van der Waals surface area contributed by atoms with Gasteiger partial charge in [-0.15, -0.1) is 0 Å². The Morgan fingerprint density at radius 1 is 1.22 bits per heavy atom. The van der Waals surface area contributed by atoms with Crippen LogP contribution < -0.4 is 0 Å². The second kappa shape index (κ2) is 4.64. The highest BCUT2D eigenvalue weighted by Gasteiger charge is 2.29. The summed E-state index contributed by atoms with van der Waals surface area (Å²) in [6, 6.07) is 4.68. The third-order valence-corrected chi connectivity index (χ3v) is 2.45. The van der Waals surface area contributed by atoms with Crippen molar-refractivity contribution in [3.63, 3.8) is 0 Å². The monoisotopic (exact) mass is 255 g/mol. The van der Waals surface area contributed by atoms with Gasteiger partial charge in [-0.3, -0.25) is 4.79 Å². The van der Waals surface area contributed by atoms with Gasteiger partial charge >= 0.3 is 6.18 Å². The summed E-state index contributed by atoms with van der Waals surface area (Å²) >= 11 is 0. The maximum atomic E-state index is 12.3. The number of aldehydes is 1. The smallest absolute Gasteiger partial charge is 0.360 e. The zero-order chi connectivity index (χ0) is 13.2. The summed E-state index contributed by atoms with van der Waals surface area (Å²) < 4.78 is 41.9. The molecule has 0 unspecified atom stereocenters. The predicted molar refractivity (Wildman–Crippen MR) is 56.1 cm³/mol. The molecule has 0 bridgehead atoms. The SMILES string of the molecule is O=Cc1cnoc1Cc1ccc(C(F)(F)F)cc1. The van der Waals surface area contributed by atoms with Gasteiger partial charge in [-0.05, 0) is 17.7 Å². The Hall–Kier alpha value is -2.11. The Kier molecular flexibility index (Phi) is 3.18. The first-order chi connectivity index (χ1) is 8.50. The van der Waals surface area contributed by atoms with E-state index in [1.807, 2.05) is 0 Å². The Labute approximate surface area is 100 Å². The maximum absolute atomic E-state index is 12.3. The number of alkyl halides is 3. The Morgan fingerprint density at radius 3 is 2.44 bits per heavy atom. The summed E-state index contributed by atoms with van der Waals surface area (Å²) in [4.78, 5) is 10.6. The molecule has 0 radical (unpaired) electrons. The molecule has 0 amide bonds. The molecule has 0 aliphatic heterocycles. The van der Waals surface area contributed by atoms with Crippen LogP contribution in [0.25, 0.3) is 0 Å². The lowest BCUT2D eigenvalue weighted by molar-refractivity contribution is -0.137. The first-order valence-electron chi connectivity index (χ1n) is 5.05. The van der Waals surface area contributed by atoms with Crippen LogP contribution in [0.5, 0.6) is 0 Å². The van der Waals surface area contributed by atoms with E-state index in [-0.39, 0.29) is 6.42 Å². The highest BCUT2D eigenvalue weighted by atomic mass is 19.4. The number of aromatic nitrogens is 1. The van der Waals surface area contributed by atoms with Crippen molar-refractivity contribution in [3.8, 4) is 0 Å². The molecule has 0 atom stereocenters. The lowest BCUT2D eigenvalue weighted by Gasteiger charge is -2.06. The number of halogens is 3. The van der Waals surface area contributed by atoms with Crippen molar-refractivity contribution >= 4 is 6.29 Å². The lowest BCUT2D eigenvalue weighted by atomic mass is 10.1. The molecule has 0 N–H and O–H groups in total. The third-order valence-electron chi connectivity index (χ3n) is 2.45. The van der Waals surface area contributed by atoms with Crippen molar-refractivity contribution < 1.29 is 22.5 Å². The van der Waals surface area contributed by atoms with Crippen molar-refractivity contribution in [1.82, 2.24) is 5.16 Å². The molecule has 0 aliphatic rings. The van der Waals surface area contributed by atoms with Crippen LogP contribution >= 0.6 is 0 Å². The molecule has 3 nitrogen and oxygen atoms in total. The molecule has 18 heavy (non-hydrogen) atoms. The Morgan fingerprint density at radius 2 is 1.89 bits per heavy atom. The second-order valence-electron chi connectivity index (χ2n) is 3.69. The van der Waals surface area contributed by atoms with Gasteiger partial charge in [-0.25, -0.2) is 0 Å². The highest BCUT2D eigenvalue weighted by Crippen LogP contribution is 2.29. The van der Waals surface area contributed by atoms with E-state index < -0.39 is 11.7 Å². The van der Waals surface area contributed by atoms with Crippen molar-refractivity contribution in [2.24, 2.45) is 0 Å². The summed E-state index contributed by atoms with van der Waals surface area (Å²) in [6.45, 7) is 0. The third kappa shape index (κ3) is 2.58. The molecule has 1 heterocycles. The summed E-state index contributed by atoms with van der Waals surface area (Å²) in [6.07, 6.45) is -2.26. The molecule has 0 saturated carbocycles. The van der Waals surface area contributed by atoms with Crippen molar-refractivity contribution in [3.05, 3.63) is 52.9 Å². The average Bonchev–Trinajstić information content (AvgIpc) is 2.76. The molecule has 1 aromatic carbocycles. The largest absolute Gasteiger partial charge is 0.416 e. The van der Waals surface area contributed by atoms with Crippen molar-refractivity contribution in [1.29, 1.82) is 0 Å². The van der Waals surface area contributed by atoms with E-state index in [1.165, 1.54) is 18.3 Å². The van der Waals surface area contributed by atoms with E-state index in [9.17, 15) is 18.0 Å². The standard InChI is InChI=1S/C12H8F3NO2/c13-12(14,15)10-3-1-8(2-4-10)5-11-9(7-17)6-16-18-11/h1-4,6-7H,5H2. The number of nitrogens with zero attached hydrogens (tertiary/aromatic N) is 1. The first kappa shape index (κ1) is 12.3. The average molecular weight is 255 g/mol. The van der Waals surface area contributed by atoms with Gasteiger partial charge in [0.1, 0.15) is 0 Å². The molecule has 2 rings (SSSR count). The van der Waals surface area contributed by atoms with Gasteiger partial charge < -0.3 is 4.52 Å². The zero-order valence-electron chi connectivity index (χ0n) is 9.07. The molecular formula is C12H8F3NO2. The second-order valence-corrected chi connectivity index (χ2v) is 3.69. The van der Waals surface area contributed by atoms with Gasteiger partial charge in [0.2, 0.25) is 0 Å². The molecule has 0 fully saturated rings. The number of benzene rings is 1. The lowest BCUT2D eigenvalue weighted by Crippen LogP contribution is -2.04. The van der Waals surface area contributed by atoms with E-state index in [0.29, 0.717) is 23.2 Å². The number of carbonyl (C=O) groups excluding carboxylic acids is 1. The van der Waals surface area contributed by atoms with Crippen LogP contribution in [0.15, 0.2) is 35.0 Å². The number of carbonyl (C=O) groups is 1. The molecule has 0 spiro atoms. The van der Waals surface area contributed by atoms with E-state index in [1.54, 1.807) is 0 Å². The van der Waals surface area contributed by atoms with Gasteiger partial charge in [0.15, 0.2) is 12.0 Å². The number of hydrogen-bond acceptors (Lipinski definition) is 3. The van der Waals surface area contributed by atoms with E-state index in [0.717, 1.165) is 12.1 Å². The van der Waals surface area contributed by atoms with Gasteiger partial charge in [0, 0.05) is 6.42 Å². The summed E-state index contributed by atoms with van der Waals surface area (Å²) in [5.74, 6) is 0.338. The number of rotatable bonds is 3. The minimum Gasteiger partial charge on any atom is -0.360 e. The van der Waals surface area contributed by atoms with Crippen LogP contribution in [0.1, 0.15) is 27.2 Å². The van der Waals surface area contributed by atoms with Crippen LogP contribution in [-0.4, -0.2) is 11.4 Å². The zero-order valence-corrected chi connectivity index (χ0v) is 9.07. The summed E-state index contributed by atoms with van der Waals surface area (Å²) in [7, 11) is 0. The van der Waals surface area contributed by atoms with Crippen molar-refractivity contribution in [2.45, 2.75) is 12.6 Å². The molecule has 94 valence electrons. The van der Waals surface area contributed by atoms with Gasteiger partial charge in [-0.2, -0.15) is 13.2 Å². The van der Waals surface area contributed by atoms with Crippen LogP contribution in [-0.2, 0) is 12.6 Å². The van der Waals surface area contributed by atoms with Crippen LogP contribution in [0.2, 0.25) is 0 Å². The highest BCUT2D eigenvalue weighted by molar-refractivity contribution is 5.75. The molecule has 1 aromatic heterocycles. The van der Waals surface area contributed by atoms with Gasteiger partial charge in [0.05, 0.1) is 17.3 Å². The van der Waals surface area contributed by atoms with Gasteiger partial charge in [-0.1, -0.05) is 17.3 Å². The Balaban J connectivity index is 2.19. The fraction of sp³-hybridized carbons (Fsp3) is 0.167. The normalized spacial score (nSPS) is 11.5. The van der Waals surface area contributed by atoms with Gasteiger partial charge in [0.25, 0.3) is 0 Å². The van der Waals surface area contributed by atoms with Crippen molar-refractivity contribution in [2.75, 3.05) is 0 Å². The van der Waals surface area contributed by atoms with E-state index in [2.05, 4.69) is 5.16 Å². The molecule has 0 saturated heterocycles. The van der Waals surface area contributed by atoms with Crippen LogP contribution in [0.4, 0.5) is 13.2 Å². The molecule has 6 heteroatoms. The number of hydrogen-bond donors (Lipinski definition) is 0. The quantitative estimate of drug-likeness (QED) is 0.791. The topological polar surface area (TPSA) is 43.1 Å². The first-order valence-corrected chi connectivity index (χ1v) is 5.05. The molecule has 2 aromatic rings.